The summed E-state index contributed by atoms with van der Waals surface area (Å²) in [7, 11) is 0. The van der Waals surface area contributed by atoms with Gasteiger partial charge in [-0.1, -0.05) is 19.9 Å². The van der Waals surface area contributed by atoms with Crippen molar-refractivity contribution >= 4 is 30.8 Å². The van der Waals surface area contributed by atoms with E-state index in [1.807, 2.05) is 13.8 Å². The average molecular weight is 290 g/mol. The zero-order chi connectivity index (χ0) is 15.3. The Labute approximate surface area is 118 Å². The van der Waals surface area contributed by atoms with Gasteiger partial charge in [0.05, 0.1) is 0 Å². The Morgan fingerprint density at radius 1 is 1.11 bits per heavy atom. The number of carbonyl (C=O) groups is 3. The fourth-order valence-electron chi connectivity index (χ4n) is 0.720. The molecule has 0 aliphatic rings. The number of esters is 2. The van der Waals surface area contributed by atoms with Gasteiger partial charge in [-0.2, -0.15) is 0 Å². The van der Waals surface area contributed by atoms with Crippen molar-refractivity contribution in [2.24, 2.45) is 0 Å². The lowest BCUT2D eigenvalue weighted by atomic mass is 10.4. The van der Waals surface area contributed by atoms with Gasteiger partial charge in [-0.05, 0) is 12.2 Å². The van der Waals surface area contributed by atoms with Crippen molar-refractivity contribution in [3.63, 3.8) is 0 Å². The van der Waals surface area contributed by atoms with Crippen molar-refractivity contribution in [3.8, 4) is 0 Å². The predicted molar refractivity (Wildman–Crippen MR) is 72.0 cm³/mol. The Morgan fingerprint density at radius 3 is 2.11 bits per heavy atom. The molecule has 0 spiro atoms. The van der Waals surface area contributed by atoms with E-state index in [0.29, 0.717) is 0 Å². The van der Waals surface area contributed by atoms with Crippen LogP contribution in [0, 0.1) is 0 Å². The van der Waals surface area contributed by atoms with Crippen molar-refractivity contribution in [1.29, 1.82) is 0 Å². The molecule has 0 radical (unpaired) electrons. The van der Waals surface area contributed by atoms with E-state index in [0.717, 1.165) is 6.92 Å². The van der Waals surface area contributed by atoms with Gasteiger partial charge >= 0.3 is 17.9 Å². The van der Waals surface area contributed by atoms with Gasteiger partial charge in [-0.25, -0.2) is 4.79 Å². The zero-order valence-electron chi connectivity index (χ0n) is 11.3. The highest BCUT2D eigenvalue weighted by Crippen LogP contribution is 2.03. The second-order valence-electron chi connectivity index (χ2n) is 2.73. The molecule has 0 amide bonds. The smallest absolute Gasteiger partial charge is 0.386 e. The van der Waals surface area contributed by atoms with Crippen LogP contribution < -0.4 is 0 Å². The van der Waals surface area contributed by atoms with Crippen LogP contribution in [-0.2, 0) is 28.0 Å². The standard InChI is InChI=1S/C10H12O6S.C2H6/c1-7(11)14-6-4-3-5-9(10(13)16-17)15-8(2)12;1-2/h3-5,17H,6H2,1-2H3;1-2H3. The van der Waals surface area contributed by atoms with Crippen LogP contribution in [0.2, 0.25) is 0 Å². The Bertz CT molecular complexity index is 359. The summed E-state index contributed by atoms with van der Waals surface area (Å²) in [5.74, 6) is -2.30. The summed E-state index contributed by atoms with van der Waals surface area (Å²) in [4.78, 5) is 32.1. The number of allylic oxidation sites excluding steroid dienone is 2. The van der Waals surface area contributed by atoms with Gasteiger partial charge in [-0.15, -0.1) is 0 Å². The summed E-state index contributed by atoms with van der Waals surface area (Å²) in [6.07, 6.45) is 4.03. The molecule has 0 saturated carbocycles. The number of hydrogen-bond donors (Lipinski definition) is 1. The monoisotopic (exact) mass is 290 g/mol. The number of hydrogen-bond acceptors (Lipinski definition) is 7. The maximum atomic E-state index is 11.1. The predicted octanol–water partition coefficient (Wildman–Crippen LogP) is 1.97. The van der Waals surface area contributed by atoms with Gasteiger partial charge in [0.1, 0.15) is 6.61 Å². The first-order valence-electron chi connectivity index (χ1n) is 5.51. The topological polar surface area (TPSA) is 78.9 Å². The summed E-state index contributed by atoms with van der Waals surface area (Å²) >= 11 is 3.29. The molecule has 0 aliphatic carbocycles. The third-order valence-electron chi connectivity index (χ3n) is 1.30. The van der Waals surface area contributed by atoms with Crippen LogP contribution in [0.25, 0.3) is 0 Å². The molecule has 0 fully saturated rings. The second-order valence-corrected chi connectivity index (χ2v) is 2.92. The van der Waals surface area contributed by atoms with E-state index in [2.05, 4.69) is 26.6 Å². The lowest BCUT2D eigenvalue weighted by Gasteiger charge is -2.01. The first-order valence-corrected chi connectivity index (χ1v) is 5.88. The second kappa shape index (κ2) is 12.7. The maximum Gasteiger partial charge on any atom is 0.386 e. The Kier molecular flexibility index (Phi) is 13.1. The summed E-state index contributed by atoms with van der Waals surface area (Å²) in [5, 5.41) is 0. The van der Waals surface area contributed by atoms with Crippen molar-refractivity contribution < 1.29 is 28.0 Å². The normalized spacial score (nSPS) is 10.3. The zero-order valence-corrected chi connectivity index (χ0v) is 12.2. The van der Waals surface area contributed by atoms with E-state index in [1.54, 1.807) is 0 Å². The summed E-state index contributed by atoms with van der Waals surface area (Å²) < 4.78 is 13.3. The molecule has 0 rings (SSSR count). The van der Waals surface area contributed by atoms with Gasteiger partial charge in [-0.3, -0.25) is 9.59 Å². The average Bonchev–Trinajstić information content (AvgIpc) is 2.37. The van der Waals surface area contributed by atoms with Gasteiger partial charge in [0, 0.05) is 26.8 Å². The molecule has 0 N–H and O–H groups in total. The number of carbonyl (C=O) groups excluding carboxylic acids is 3. The van der Waals surface area contributed by atoms with Crippen LogP contribution in [0.3, 0.4) is 0 Å². The summed E-state index contributed by atoms with van der Waals surface area (Å²) in [6, 6.07) is 0. The SMILES string of the molecule is CC.CC(=O)OCC=CC=C(OC(C)=O)C(=O)OS. The highest BCUT2D eigenvalue weighted by molar-refractivity contribution is 7.75. The highest BCUT2D eigenvalue weighted by Gasteiger charge is 2.12. The number of rotatable bonds is 5. The molecule has 0 unspecified atom stereocenters. The maximum absolute atomic E-state index is 11.1. The quantitative estimate of drug-likeness (QED) is 0.159. The van der Waals surface area contributed by atoms with Crippen LogP contribution in [-0.4, -0.2) is 24.5 Å². The molecule has 0 aliphatic heterocycles. The van der Waals surface area contributed by atoms with Crippen molar-refractivity contribution in [2.45, 2.75) is 27.7 Å². The molecular formula is C12H18O6S. The minimum absolute atomic E-state index is 0.0507. The molecule has 0 bridgehead atoms. The Hall–Kier alpha value is -1.76. The molecule has 0 aromatic rings. The molecule has 0 atom stereocenters. The van der Waals surface area contributed by atoms with Gasteiger partial charge < -0.3 is 13.7 Å². The molecule has 7 heteroatoms. The van der Waals surface area contributed by atoms with Crippen LogP contribution >= 0.6 is 12.9 Å². The van der Waals surface area contributed by atoms with Crippen LogP contribution in [0.15, 0.2) is 24.0 Å². The molecule has 0 heterocycles. The minimum atomic E-state index is -0.902. The van der Waals surface area contributed by atoms with E-state index in [1.165, 1.54) is 25.2 Å². The third-order valence-corrected chi connectivity index (χ3v) is 1.47. The molecule has 19 heavy (non-hydrogen) atoms. The highest BCUT2D eigenvalue weighted by atomic mass is 32.1. The molecule has 108 valence electrons. The Balaban J connectivity index is 0. The van der Waals surface area contributed by atoms with E-state index < -0.39 is 17.9 Å². The fraction of sp³-hybridized carbons (Fsp3) is 0.417. The first-order chi connectivity index (χ1) is 8.97. The van der Waals surface area contributed by atoms with Crippen molar-refractivity contribution in [1.82, 2.24) is 0 Å². The largest absolute Gasteiger partial charge is 0.462 e. The van der Waals surface area contributed by atoms with Crippen molar-refractivity contribution in [2.75, 3.05) is 6.61 Å². The Morgan fingerprint density at radius 2 is 1.68 bits per heavy atom. The van der Waals surface area contributed by atoms with Gasteiger partial charge in [0.2, 0.25) is 5.76 Å². The molecular weight excluding hydrogens is 272 g/mol. The molecule has 0 saturated heterocycles. The molecule has 0 aromatic heterocycles. The van der Waals surface area contributed by atoms with Crippen LogP contribution in [0.1, 0.15) is 27.7 Å². The minimum Gasteiger partial charge on any atom is -0.462 e. The molecule has 6 nitrogen and oxygen atoms in total. The number of ether oxygens (including phenoxy) is 2. The van der Waals surface area contributed by atoms with Gasteiger partial charge in [0.25, 0.3) is 0 Å². The van der Waals surface area contributed by atoms with E-state index >= 15 is 0 Å². The lowest BCUT2D eigenvalue weighted by Crippen LogP contribution is -2.09. The lowest BCUT2D eigenvalue weighted by molar-refractivity contribution is -0.144. The third kappa shape index (κ3) is 12.5. The van der Waals surface area contributed by atoms with Crippen LogP contribution in [0.5, 0.6) is 0 Å². The van der Waals surface area contributed by atoms with E-state index in [4.69, 9.17) is 0 Å². The first kappa shape index (κ1) is 19.6. The van der Waals surface area contributed by atoms with Crippen LogP contribution in [0.4, 0.5) is 0 Å². The van der Waals surface area contributed by atoms with Crippen molar-refractivity contribution in [3.05, 3.63) is 24.0 Å². The summed E-state index contributed by atoms with van der Waals surface area (Å²) in [6.45, 7) is 6.46. The summed E-state index contributed by atoms with van der Waals surface area (Å²) in [5.41, 5.74) is 0. The number of thiol groups is 1. The fourth-order valence-corrected chi connectivity index (χ4v) is 0.810. The van der Waals surface area contributed by atoms with E-state index in [-0.39, 0.29) is 12.4 Å². The van der Waals surface area contributed by atoms with E-state index in [9.17, 15) is 14.4 Å². The molecule has 0 aromatic carbocycles. The van der Waals surface area contributed by atoms with Gasteiger partial charge in [0.15, 0.2) is 0 Å².